The van der Waals surface area contributed by atoms with E-state index in [9.17, 15) is 0 Å². The van der Waals surface area contributed by atoms with Gasteiger partial charge in [0.05, 0.1) is 0 Å². The maximum atomic E-state index is 3.82. The Labute approximate surface area is 157 Å². The van der Waals surface area contributed by atoms with Crippen LogP contribution in [0.1, 0.15) is 81.1 Å². The summed E-state index contributed by atoms with van der Waals surface area (Å²) in [5.74, 6) is 0. The van der Waals surface area contributed by atoms with Gasteiger partial charge in [0.25, 0.3) is 0 Å². The third kappa shape index (κ3) is 4.58. The maximum Gasteiger partial charge on any atom is 0.0458 e. The molecule has 0 aromatic carbocycles. The van der Waals surface area contributed by atoms with Crippen LogP contribution in [0.3, 0.4) is 0 Å². The molecule has 2 heterocycles. The molecule has 2 saturated heterocycles. The quantitative estimate of drug-likeness (QED) is 0.759. The lowest BCUT2D eigenvalue weighted by molar-refractivity contribution is -0.0241. The van der Waals surface area contributed by atoms with Crippen molar-refractivity contribution in [3.8, 4) is 0 Å². The zero-order valence-corrected chi connectivity index (χ0v) is 18.6. The molecule has 0 aromatic rings. The first-order valence-electron chi connectivity index (χ1n) is 10.1. The Morgan fingerprint density at radius 2 is 0.840 bits per heavy atom. The summed E-state index contributed by atoms with van der Waals surface area (Å²) < 4.78 is 0. The summed E-state index contributed by atoms with van der Waals surface area (Å²) >= 11 is 0. The third-order valence-electron chi connectivity index (χ3n) is 7.40. The standard InChI is InChI=1S/C21H44N4/c1-18(2)11-16(12-19(3,4)24(18)9)22-15-23-17-13-20(5,6)25(10)21(7,8)14-17/h16-17,22-23H,11-15H2,1-10H3. The van der Waals surface area contributed by atoms with E-state index in [2.05, 4.69) is 89.9 Å². The fraction of sp³-hybridized carbons (Fsp3) is 1.00. The average molecular weight is 353 g/mol. The molecule has 4 nitrogen and oxygen atoms in total. The van der Waals surface area contributed by atoms with Crippen molar-refractivity contribution in [3.05, 3.63) is 0 Å². The van der Waals surface area contributed by atoms with Gasteiger partial charge in [-0.05, 0) is 95.2 Å². The fourth-order valence-corrected chi connectivity index (χ4v) is 5.38. The molecule has 4 heteroatoms. The van der Waals surface area contributed by atoms with Gasteiger partial charge in [0.1, 0.15) is 0 Å². The Kier molecular flexibility index (Phi) is 5.73. The van der Waals surface area contributed by atoms with Gasteiger partial charge in [-0.1, -0.05) is 0 Å². The summed E-state index contributed by atoms with van der Waals surface area (Å²) in [6, 6.07) is 1.17. The van der Waals surface area contributed by atoms with Crippen molar-refractivity contribution in [2.24, 2.45) is 0 Å². The molecule has 25 heavy (non-hydrogen) atoms. The van der Waals surface area contributed by atoms with Crippen molar-refractivity contribution >= 4 is 0 Å². The van der Waals surface area contributed by atoms with Gasteiger partial charge in [-0.3, -0.25) is 9.80 Å². The molecule has 2 rings (SSSR count). The molecule has 0 bridgehead atoms. The molecule has 0 atom stereocenters. The summed E-state index contributed by atoms with van der Waals surface area (Å²) in [6.07, 6.45) is 4.83. The van der Waals surface area contributed by atoms with Crippen LogP contribution in [0, 0.1) is 0 Å². The highest BCUT2D eigenvalue weighted by Crippen LogP contribution is 2.38. The fourth-order valence-electron chi connectivity index (χ4n) is 5.38. The number of nitrogens with zero attached hydrogens (tertiary/aromatic N) is 2. The summed E-state index contributed by atoms with van der Waals surface area (Å²) in [7, 11) is 4.55. The minimum absolute atomic E-state index is 0.247. The van der Waals surface area contributed by atoms with E-state index in [1.807, 2.05) is 0 Å². The average Bonchev–Trinajstić information content (AvgIpc) is 2.41. The highest BCUT2D eigenvalue weighted by atomic mass is 15.3. The van der Waals surface area contributed by atoms with Gasteiger partial charge in [-0.2, -0.15) is 0 Å². The van der Waals surface area contributed by atoms with Crippen LogP contribution in [0.4, 0.5) is 0 Å². The van der Waals surface area contributed by atoms with Crippen molar-refractivity contribution in [2.45, 2.75) is 115 Å². The zero-order valence-electron chi connectivity index (χ0n) is 18.6. The molecule has 0 amide bonds. The highest BCUT2D eigenvalue weighted by molar-refractivity contribution is 5.02. The highest BCUT2D eigenvalue weighted by Gasteiger charge is 2.44. The Morgan fingerprint density at radius 3 is 1.08 bits per heavy atom. The predicted molar refractivity (Wildman–Crippen MR) is 109 cm³/mol. The van der Waals surface area contributed by atoms with Crippen molar-refractivity contribution in [1.29, 1.82) is 0 Å². The van der Waals surface area contributed by atoms with Gasteiger partial charge in [-0.15, -0.1) is 0 Å². The number of hydrogen-bond donors (Lipinski definition) is 2. The van der Waals surface area contributed by atoms with Gasteiger partial charge in [0.15, 0.2) is 0 Å². The molecule has 0 unspecified atom stereocenters. The summed E-state index contributed by atoms with van der Waals surface area (Å²) in [6.45, 7) is 19.9. The van der Waals surface area contributed by atoms with E-state index < -0.39 is 0 Å². The topological polar surface area (TPSA) is 30.5 Å². The Morgan fingerprint density at radius 1 is 0.600 bits per heavy atom. The van der Waals surface area contributed by atoms with E-state index in [4.69, 9.17) is 0 Å². The van der Waals surface area contributed by atoms with Crippen molar-refractivity contribution in [3.63, 3.8) is 0 Å². The van der Waals surface area contributed by atoms with Crippen LogP contribution in [-0.2, 0) is 0 Å². The van der Waals surface area contributed by atoms with Gasteiger partial charge < -0.3 is 10.6 Å². The zero-order chi connectivity index (χ0) is 19.3. The number of nitrogens with one attached hydrogen (secondary N) is 2. The number of likely N-dealkylation sites (tertiary alicyclic amines) is 2. The largest absolute Gasteiger partial charge is 0.302 e. The molecular weight excluding hydrogens is 308 g/mol. The van der Waals surface area contributed by atoms with Gasteiger partial charge in [0, 0.05) is 40.9 Å². The summed E-state index contributed by atoms with van der Waals surface area (Å²) in [4.78, 5) is 5.10. The second-order valence-electron chi connectivity index (χ2n) is 11.2. The van der Waals surface area contributed by atoms with Crippen molar-refractivity contribution in [2.75, 3.05) is 20.8 Å². The van der Waals surface area contributed by atoms with Crippen LogP contribution in [0.15, 0.2) is 0 Å². The monoisotopic (exact) mass is 352 g/mol. The molecule has 148 valence electrons. The SMILES string of the molecule is CN1C(C)(C)CC(NCNC2CC(C)(C)N(C)C(C)(C)C2)CC1(C)C. The van der Waals surface area contributed by atoms with Crippen LogP contribution in [0.25, 0.3) is 0 Å². The molecule has 2 N–H and O–H groups in total. The van der Waals surface area contributed by atoms with E-state index in [-0.39, 0.29) is 22.2 Å². The molecular formula is C21H44N4. The first-order valence-corrected chi connectivity index (χ1v) is 10.1. The number of hydrogen-bond acceptors (Lipinski definition) is 4. The number of piperidine rings is 2. The van der Waals surface area contributed by atoms with E-state index in [0.717, 1.165) is 6.67 Å². The number of rotatable bonds is 4. The van der Waals surface area contributed by atoms with E-state index in [0.29, 0.717) is 12.1 Å². The first-order chi connectivity index (χ1) is 11.2. The van der Waals surface area contributed by atoms with E-state index in [1.165, 1.54) is 25.7 Å². The van der Waals surface area contributed by atoms with Gasteiger partial charge in [-0.25, -0.2) is 0 Å². The summed E-state index contributed by atoms with van der Waals surface area (Å²) in [5, 5.41) is 7.63. The van der Waals surface area contributed by atoms with Crippen LogP contribution in [-0.4, -0.2) is 64.8 Å². The Bertz CT molecular complexity index is 389. The normalized spacial score (nSPS) is 30.5. The van der Waals surface area contributed by atoms with Crippen LogP contribution < -0.4 is 10.6 Å². The van der Waals surface area contributed by atoms with Gasteiger partial charge in [0.2, 0.25) is 0 Å². The predicted octanol–water partition coefficient (Wildman–Crippen LogP) is 3.43. The van der Waals surface area contributed by atoms with Gasteiger partial charge >= 0.3 is 0 Å². The molecule has 2 aliphatic heterocycles. The smallest absolute Gasteiger partial charge is 0.0458 e. The van der Waals surface area contributed by atoms with Crippen molar-refractivity contribution in [1.82, 2.24) is 20.4 Å². The third-order valence-corrected chi connectivity index (χ3v) is 7.40. The molecule has 2 aliphatic rings. The maximum absolute atomic E-state index is 3.82. The molecule has 0 aromatic heterocycles. The summed E-state index contributed by atoms with van der Waals surface area (Å²) in [5.41, 5.74) is 0.988. The molecule has 2 fully saturated rings. The lowest BCUT2D eigenvalue weighted by atomic mass is 9.77. The Balaban J connectivity index is 1.89. The molecule has 0 aliphatic carbocycles. The first kappa shape index (κ1) is 21.1. The molecule has 0 spiro atoms. The second-order valence-corrected chi connectivity index (χ2v) is 11.2. The lowest BCUT2D eigenvalue weighted by Gasteiger charge is -2.54. The minimum Gasteiger partial charge on any atom is -0.302 e. The second kappa shape index (κ2) is 6.78. The minimum atomic E-state index is 0.247. The van der Waals surface area contributed by atoms with Crippen LogP contribution >= 0.6 is 0 Å². The lowest BCUT2D eigenvalue weighted by Crippen LogP contribution is -2.64. The van der Waals surface area contributed by atoms with E-state index >= 15 is 0 Å². The van der Waals surface area contributed by atoms with Crippen molar-refractivity contribution < 1.29 is 0 Å². The van der Waals surface area contributed by atoms with E-state index in [1.54, 1.807) is 0 Å². The Hall–Kier alpha value is -0.160. The van der Waals surface area contributed by atoms with Crippen LogP contribution in [0.5, 0.6) is 0 Å². The molecule has 0 saturated carbocycles. The molecule has 0 radical (unpaired) electrons. The van der Waals surface area contributed by atoms with Crippen LogP contribution in [0.2, 0.25) is 0 Å².